The summed E-state index contributed by atoms with van der Waals surface area (Å²) in [6.07, 6.45) is 1.55. The fourth-order valence-corrected chi connectivity index (χ4v) is 2.96. The molecule has 1 aliphatic heterocycles. The van der Waals surface area contributed by atoms with Crippen LogP contribution in [0.3, 0.4) is 0 Å². The summed E-state index contributed by atoms with van der Waals surface area (Å²) < 4.78 is 0. The minimum Gasteiger partial charge on any atom is -0.375 e. The fraction of sp³-hybridized carbons (Fsp3) is 0.611. The molecule has 0 saturated carbocycles. The van der Waals surface area contributed by atoms with Crippen LogP contribution in [0.4, 0.5) is 5.69 Å². The molecule has 0 bridgehead atoms. The monoisotopic (exact) mass is 318 g/mol. The van der Waals surface area contributed by atoms with Gasteiger partial charge in [-0.05, 0) is 32.6 Å². The first-order chi connectivity index (χ1) is 11.1. The predicted molar refractivity (Wildman–Crippen MR) is 95.9 cm³/mol. The number of amides is 1. The molecule has 1 aliphatic rings. The number of carbonyl (C=O) groups is 1. The Labute approximate surface area is 140 Å². The summed E-state index contributed by atoms with van der Waals surface area (Å²) in [5.41, 5.74) is 1.21. The van der Waals surface area contributed by atoms with Gasteiger partial charge in [0.2, 0.25) is 5.91 Å². The molecule has 23 heavy (non-hydrogen) atoms. The zero-order chi connectivity index (χ0) is 16.7. The third-order valence-corrected chi connectivity index (χ3v) is 4.59. The quantitative estimate of drug-likeness (QED) is 0.769. The van der Waals surface area contributed by atoms with E-state index in [4.69, 9.17) is 0 Å². The number of likely N-dealkylation sites (N-methyl/N-ethyl adjacent to an activating group) is 2. The van der Waals surface area contributed by atoms with Crippen LogP contribution in [0.1, 0.15) is 12.8 Å². The van der Waals surface area contributed by atoms with E-state index in [2.05, 4.69) is 53.3 Å². The Bertz CT molecular complexity index is 479. The first-order valence-electron chi connectivity index (χ1n) is 8.48. The lowest BCUT2D eigenvalue weighted by molar-refractivity contribution is -0.122. The molecule has 0 aliphatic carbocycles. The first kappa shape index (κ1) is 17.8. The molecular formula is C18H30N4O. The molecule has 5 nitrogen and oxygen atoms in total. The second-order valence-corrected chi connectivity index (χ2v) is 6.56. The third-order valence-electron chi connectivity index (χ3n) is 4.59. The Morgan fingerprint density at radius 1 is 1.26 bits per heavy atom. The van der Waals surface area contributed by atoms with Crippen LogP contribution in [-0.2, 0) is 4.79 Å². The van der Waals surface area contributed by atoms with Crippen molar-refractivity contribution in [2.24, 2.45) is 0 Å². The zero-order valence-corrected chi connectivity index (χ0v) is 14.7. The number of para-hydroxylation sites is 1. The summed E-state index contributed by atoms with van der Waals surface area (Å²) >= 11 is 0. The molecule has 1 heterocycles. The van der Waals surface area contributed by atoms with Crippen LogP contribution in [0.5, 0.6) is 0 Å². The van der Waals surface area contributed by atoms with E-state index in [0.29, 0.717) is 12.5 Å². The zero-order valence-electron chi connectivity index (χ0n) is 14.7. The van der Waals surface area contributed by atoms with Crippen molar-refractivity contribution in [2.45, 2.75) is 18.9 Å². The number of anilines is 1. The average Bonchev–Trinajstić information content (AvgIpc) is 2.55. The van der Waals surface area contributed by atoms with Crippen LogP contribution in [0.15, 0.2) is 30.3 Å². The van der Waals surface area contributed by atoms with Crippen molar-refractivity contribution in [3.8, 4) is 0 Å². The van der Waals surface area contributed by atoms with Gasteiger partial charge in [0.05, 0.1) is 0 Å². The van der Waals surface area contributed by atoms with Gasteiger partial charge in [-0.3, -0.25) is 4.79 Å². The Morgan fingerprint density at radius 2 is 2.00 bits per heavy atom. The van der Waals surface area contributed by atoms with Gasteiger partial charge in [0.25, 0.3) is 0 Å². The van der Waals surface area contributed by atoms with Crippen LogP contribution >= 0.6 is 0 Å². The van der Waals surface area contributed by atoms with E-state index in [9.17, 15) is 4.79 Å². The molecule has 1 N–H and O–H groups in total. The van der Waals surface area contributed by atoms with Gasteiger partial charge in [-0.15, -0.1) is 0 Å². The van der Waals surface area contributed by atoms with Gasteiger partial charge in [-0.2, -0.15) is 0 Å². The number of carbonyl (C=O) groups excluding carboxylic acids is 1. The Hall–Kier alpha value is -1.59. The van der Waals surface area contributed by atoms with E-state index in [0.717, 1.165) is 39.1 Å². The highest BCUT2D eigenvalue weighted by Crippen LogP contribution is 2.11. The maximum Gasteiger partial charge on any atom is 0.221 e. The minimum absolute atomic E-state index is 0.166. The molecule has 1 fully saturated rings. The van der Waals surface area contributed by atoms with Crippen molar-refractivity contribution in [2.75, 3.05) is 58.8 Å². The Balaban J connectivity index is 1.63. The number of nitrogens with zero attached hydrogens (tertiary/aromatic N) is 3. The van der Waals surface area contributed by atoms with Gasteiger partial charge in [-0.25, -0.2) is 0 Å². The van der Waals surface area contributed by atoms with Crippen LogP contribution < -0.4 is 10.2 Å². The predicted octanol–water partition coefficient (Wildman–Crippen LogP) is 1.27. The fourth-order valence-electron chi connectivity index (χ4n) is 2.96. The number of hydrogen-bond acceptors (Lipinski definition) is 4. The highest BCUT2D eigenvalue weighted by atomic mass is 16.1. The molecule has 128 valence electrons. The van der Waals surface area contributed by atoms with E-state index in [1.807, 2.05) is 18.2 Å². The van der Waals surface area contributed by atoms with Gasteiger partial charge in [-0.1, -0.05) is 18.2 Å². The summed E-state index contributed by atoms with van der Waals surface area (Å²) in [4.78, 5) is 18.9. The van der Waals surface area contributed by atoms with Crippen LogP contribution in [-0.4, -0.2) is 75.6 Å². The summed E-state index contributed by atoms with van der Waals surface area (Å²) in [6.45, 7) is 4.77. The standard InChI is InChI=1S/C18H30N4O/c1-20-12-13-22(3)17(15-20)14-18(23)19-10-7-11-21(2)16-8-5-4-6-9-16/h4-6,8-9,17H,7,10-15H2,1-3H3,(H,19,23)/t17-/m0/s1. The summed E-state index contributed by atoms with van der Waals surface area (Å²) in [5, 5.41) is 3.06. The summed E-state index contributed by atoms with van der Waals surface area (Å²) in [6, 6.07) is 10.7. The molecule has 5 heteroatoms. The van der Waals surface area contributed by atoms with E-state index in [1.165, 1.54) is 5.69 Å². The van der Waals surface area contributed by atoms with Crippen molar-refractivity contribution >= 4 is 11.6 Å². The molecule has 0 spiro atoms. The number of hydrogen-bond donors (Lipinski definition) is 1. The molecular weight excluding hydrogens is 288 g/mol. The summed E-state index contributed by atoms with van der Waals surface area (Å²) in [7, 11) is 6.32. The van der Waals surface area contributed by atoms with Crippen molar-refractivity contribution in [1.29, 1.82) is 0 Å². The lowest BCUT2D eigenvalue weighted by Gasteiger charge is -2.37. The average molecular weight is 318 g/mol. The SMILES string of the molecule is CN1CCN(C)[C@@H](CC(=O)NCCCN(C)c2ccccc2)C1. The molecule has 0 radical (unpaired) electrons. The van der Waals surface area contributed by atoms with E-state index < -0.39 is 0 Å². The lowest BCUT2D eigenvalue weighted by Crippen LogP contribution is -2.51. The number of piperazine rings is 1. The second kappa shape index (κ2) is 8.89. The van der Waals surface area contributed by atoms with Gasteiger partial charge in [0.1, 0.15) is 0 Å². The highest BCUT2D eigenvalue weighted by Gasteiger charge is 2.24. The molecule has 0 unspecified atom stereocenters. The number of benzene rings is 1. The smallest absolute Gasteiger partial charge is 0.221 e. The van der Waals surface area contributed by atoms with Crippen molar-refractivity contribution in [3.05, 3.63) is 30.3 Å². The van der Waals surface area contributed by atoms with Crippen molar-refractivity contribution in [1.82, 2.24) is 15.1 Å². The minimum atomic E-state index is 0.166. The lowest BCUT2D eigenvalue weighted by atomic mass is 10.1. The third kappa shape index (κ3) is 5.84. The molecule has 0 aromatic heterocycles. The Kier molecular flexibility index (Phi) is 6.86. The maximum absolute atomic E-state index is 12.1. The molecule has 1 saturated heterocycles. The topological polar surface area (TPSA) is 38.8 Å². The van der Waals surface area contributed by atoms with Crippen LogP contribution in [0, 0.1) is 0 Å². The second-order valence-electron chi connectivity index (χ2n) is 6.56. The molecule has 1 amide bonds. The normalized spacial score (nSPS) is 19.5. The van der Waals surface area contributed by atoms with E-state index in [1.54, 1.807) is 0 Å². The largest absolute Gasteiger partial charge is 0.375 e. The van der Waals surface area contributed by atoms with Gasteiger partial charge in [0.15, 0.2) is 0 Å². The first-order valence-corrected chi connectivity index (χ1v) is 8.48. The molecule has 1 aromatic carbocycles. The number of nitrogens with one attached hydrogen (secondary N) is 1. The van der Waals surface area contributed by atoms with Crippen molar-refractivity contribution in [3.63, 3.8) is 0 Å². The van der Waals surface area contributed by atoms with Gasteiger partial charge < -0.3 is 20.0 Å². The van der Waals surface area contributed by atoms with E-state index >= 15 is 0 Å². The van der Waals surface area contributed by atoms with E-state index in [-0.39, 0.29) is 5.91 Å². The molecule has 1 atom stereocenters. The van der Waals surface area contributed by atoms with Gasteiger partial charge in [0, 0.05) is 57.9 Å². The van der Waals surface area contributed by atoms with Crippen LogP contribution in [0.25, 0.3) is 0 Å². The maximum atomic E-state index is 12.1. The molecule has 2 rings (SSSR count). The summed E-state index contributed by atoms with van der Waals surface area (Å²) in [5.74, 6) is 0.166. The molecule has 1 aromatic rings. The highest BCUT2D eigenvalue weighted by molar-refractivity contribution is 5.76. The van der Waals surface area contributed by atoms with Gasteiger partial charge >= 0.3 is 0 Å². The van der Waals surface area contributed by atoms with Crippen LogP contribution in [0.2, 0.25) is 0 Å². The Morgan fingerprint density at radius 3 is 2.74 bits per heavy atom. The number of rotatable bonds is 7. The van der Waals surface area contributed by atoms with Crippen molar-refractivity contribution < 1.29 is 4.79 Å².